The number of benzene rings is 1. The molecule has 0 spiro atoms. The summed E-state index contributed by atoms with van der Waals surface area (Å²) in [6, 6.07) is 9.71. The van der Waals surface area contributed by atoms with Crippen molar-refractivity contribution in [1.82, 2.24) is 9.55 Å². The van der Waals surface area contributed by atoms with E-state index in [0.29, 0.717) is 31.1 Å². The molecule has 3 rings (SSSR count). The van der Waals surface area contributed by atoms with Gasteiger partial charge in [-0.15, -0.1) is 11.3 Å². The van der Waals surface area contributed by atoms with Crippen molar-refractivity contribution in [2.45, 2.75) is 44.6 Å². The number of rotatable bonds is 8. The van der Waals surface area contributed by atoms with Crippen LogP contribution in [0.15, 0.2) is 34.2 Å². The van der Waals surface area contributed by atoms with Crippen LogP contribution >= 0.6 is 23.1 Å². The highest BCUT2D eigenvalue weighted by molar-refractivity contribution is 7.98. The van der Waals surface area contributed by atoms with Gasteiger partial charge in [0.2, 0.25) is 0 Å². The molecule has 0 amide bonds. The first kappa shape index (κ1) is 20.6. The highest BCUT2D eigenvalue weighted by atomic mass is 32.2. The predicted octanol–water partition coefficient (Wildman–Crippen LogP) is 4.67. The van der Waals surface area contributed by atoms with E-state index in [2.05, 4.69) is 6.07 Å². The van der Waals surface area contributed by atoms with Gasteiger partial charge in [-0.1, -0.05) is 23.9 Å². The fourth-order valence-corrected chi connectivity index (χ4v) is 5.00. The van der Waals surface area contributed by atoms with E-state index >= 15 is 0 Å². The lowest BCUT2D eigenvalue weighted by Gasteiger charge is -2.12. The Morgan fingerprint density at radius 1 is 1.36 bits per heavy atom. The van der Waals surface area contributed by atoms with Gasteiger partial charge in [0.1, 0.15) is 4.83 Å². The Kier molecular flexibility index (Phi) is 6.89. The monoisotopic (exact) mass is 413 g/mol. The molecule has 2 aromatic heterocycles. The molecular weight excluding hydrogens is 390 g/mol. The van der Waals surface area contributed by atoms with E-state index in [4.69, 9.17) is 15.0 Å². The molecule has 0 aliphatic rings. The van der Waals surface area contributed by atoms with Crippen LogP contribution in [0, 0.1) is 25.2 Å². The summed E-state index contributed by atoms with van der Waals surface area (Å²) in [5, 5.41) is 10.5. The summed E-state index contributed by atoms with van der Waals surface area (Å²) in [5.74, 6) is 0.655. The SMILES string of the molecule is CCOCCCn1c(SCc2cccc(C#N)c2)nc2sc(C)c(C)c2c1=O. The number of ether oxygens (including phenoxy) is 1. The first-order valence-corrected chi connectivity index (χ1v) is 11.1. The first-order valence-electron chi connectivity index (χ1n) is 9.25. The van der Waals surface area contributed by atoms with Crippen LogP contribution in [-0.4, -0.2) is 22.8 Å². The van der Waals surface area contributed by atoms with Gasteiger partial charge in [0, 0.05) is 30.4 Å². The smallest absolute Gasteiger partial charge is 0.263 e. The summed E-state index contributed by atoms with van der Waals surface area (Å²) in [5.41, 5.74) is 2.73. The summed E-state index contributed by atoms with van der Waals surface area (Å²) in [7, 11) is 0. The molecule has 0 aliphatic carbocycles. The zero-order chi connectivity index (χ0) is 20.1. The third-order valence-electron chi connectivity index (χ3n) is 4.55. The van der Waals surface area contributed by atoms with Gasteiger partial charge in [-0.25, -0.2) is 4.98 Å². The van der Waals surface area contributed by atoms with Gasteiger partial charge in [0.15, 0.2) is 5.16 Å². The Bertz CT molecular complexity index is 1080. The highest BCUT2D eigenvalue weighted by Gasteiger charge is 2.17. The fraction of sp³-hybridized carbons (Fsp3) is 0.381. The number of aryl methyl sites for hydroxylation is 2. The summed E-state index contributed by atoms with van der Waals surface area (Å²) < 4.78 is 7.21. The second kappa shape index (κ2) is 9.37. The summed E-state index contributed by atoms with van der Waals surface area (Å²) in [6.07, 6.45) is 0.764. The maximum atomic E-state index is 13.2. The number of thioether (sulfide) groups is 1. The third-order valence-corrected chi connectivity index (χ3v) is 6.70. The molecule has 0 fully saturated rings. The lowest BCUT2D eigenvalue weighted by molar-refractivity contribution is 0.140. The van der Waals surface area contributed by atoms with Gasteiger partial charge in [-0.05, 0) is 50.5 Å². The quantitative estimate of drug-likeness (QED) is 0.305. The van der Waals surface area contributed by atoms with E-state index in [1.807, 2.05) is 39.0 Å². The molecule has 28 heavy (non-hydrogen) atoms. The lowest BCUT2D eigenvalue weighted by atomic mass is 10.2. The Balaban J connectivity index is 1.94. The number of hydrogen-bond donors (Lipinski definition) is 0. The fourth-order valence-electron chi connectivity index (χ4n) is 2.96. The molecule has 2 heterocycles. The van der Waals surface area contributed by atoms with Crippen LogP contribution in [0.5, 0.6) is 0 Å². The van der Waals surface area contributed by atoms with E-state index in [1.54, 1.807) is 22.0 Å². The number of nitriles is 1. The van der Waals surface area contributed by atoms with Gasteiger partial charge >= 0.3 is 0 Å². The van der Waals surface area contributed by atoms with E-state index < -0.39 is 0 Å². The predicted molar refractivity (Wildman–Crippen MR) is 115 cm³/mol. The Hall–Kier alpha value is -2.14. The Morgan fingerprint density at radius 2 is 2.18 bits per heavy atom. The first-order chi connectivity index (χ1) is 13.5. The van der Waals surface area contributed by atoms with Gasteiger partial charge in [0.25, 0.3) is 5.56 Å². The summed E-state index contributed by atoms with van der Waals surface area (Å²) >= 11 is 3.11. The molecule has 0 saturated heterocycles. The van der Waals surface area contributed by atoms with Crippen molar-refractivity contribution >= 4 is 33.3 Å². The van der Waals surface area contributed by atoms with E-state index in [0.717, 1.165) is 37.8 Å². The van der Waals surface area contributed by atoms with Crippen molar-refractivity contribution in [3.05, 3.63) is 56.2 Å². The maximum Gasteiger partial charge on any atom is 0.263 e. The molecule has 0 atom stereocenters. The Morgan fingerprint density at radius 3 is 2.93 bits per heavy atom. The normalized spacial score (nSPS) is 11.1. The Labute approximate surface area is 173 Å². The van der Waals surface area contributed by atoms with Crippen LogP contribution in [0.25, 0.3) is 10.2 Å². The van der Waals surface area contributed by atoms with Crippen molar-refractivity contribution in [3.8, 4) is 6.07 Å². The number of thiophene rings is 1. The van der Waals surface area contributed by atoms with Crippen molar-refractivity contribution in [1.29, 1.82) is 5.26 Å². The van der Waals surface area contributed by atoms with E-state index in [-0.39, 0.29) is 5.56 Å². The molecule has 0 N–H and O–H groups in total. The maximum absolute atomic E-state index is 13.2. The molecule has 0 aliphatic heterocycles. The summed E-state index contributed by atoms with van der Waals surface area (Å²) in [6.45, 7) is 7.86. The van der Waals surface area contributed by atoms with Crippen LogP contribution in [-0.2, 0) is 17.0 Å². The van der Waals surface area contributed by atoms with Gasteiger partial charge in [-0.2, -0.15) is 5.26 Å². The number of fused-ring (bicyclic) bond motifs is 1. The third kappa shape index (κ3) is 4.46. The second-order valence-electron chi connectivity index (χ2n) is 6.47. The second-order valence-corrected chi connectivity index (χ2v) is 8.61. The minimum atomic E-state index is 0.0247. The van der Waals surface area contributed by atoms with Gasteiger partial charge < -0.3 is 4.74 Å². The molecule has 146 valence electrons. The van der Waals surface area contributed by atoms with Crippen molar-refractivity contribution in [2.24, 2.45) is 0 Å². The molecule has 5 nitrogen and oxygen atoms in total. The number of hydrogen-bond acceptors (Lipinski definition) is 6. The van der Waals surface area contributed by atoms with Crippen molar-refractivity contribution < 1.29 is 4.74 Å². The standard InChI is InChI=1S/C21H23N3O2S2/c1-4-26-10-6-9-24-20(25)18-14(2)15(3)28-19(18)23-21(24)27-13-17-8-5-7-16(11-17)12-22/h5,7-8,11H,4,6,9-10,13H2,1-3H3. The average molecular weight is 414 g/mol. The zero-order valence-electron chi connectivity index (χ0n) is 16.3. The largest absolute Gasteiger partial charge is 0.382 e. The highest BCUT2D eigenvalue weighted by Crippen LogP contribution is 2.29. The van der Waals surface area contributed by atoms with Crippen LogP contribution < -0.4 is 5.56 Å². The molecular formula is C21H23N3O2S2. The lowest BCUT2D eigenvalue weighted by Crippen LogP contribution is -2.24. The van der Waals surface area contributed by atoms with E-state index in [9.17, 15) is 4.79 Å². The van der Waals surface area contributed by atoms with Crippen LogP contribution in [0.4, 0.5) is 0 Å². The van der Waals surface area contributed by atoms with Gasteiger partial charge in [0.05, 0.1) is 17.0 Å². The van der Waals surface area contributed by atoms with Gasteiger partial charge in [-0.3, -0.25) is 9.36 Å². The summed E-state index contributed by atoms with van der Waals surface area (Å²) in [4.78, 5) is 19.9. The topological polar surface area (TPSA) is 67.9 Å². The average Bonchev–Trinajstić information content (AvgIpc) is 2.99. The van der Waals surface area contributed by atoms with Crippen LogP contribution in [0.3, 0.4) is 0 Å². The number of aromatic nitrogens is 2. The van der Waals surface area contributed by atoms with Crippen LogP contribution in [0.2, 0.25) is 0 Å². The number of nitrogens with zero attached hydrogens (tertiary/aromatic N) is 3. The van der Waals surface area contributed by atoms with Crippen molar-refractivity contribution in [2.75, 3.05) is 13.2 Å². The molecule has 0 bridgehead atoms. The zero-order valence-corrected chi connectivity index (χ0v) is 18.0. The molecule has 0 radical (unpaired) electrons. The van der Waals surface area contributed by atoms with Crippen molar-refractivity contribution in [3.63, 3.8) is 0 Å². The molecule has 3 aromatic rings. The minimum Gasteiger partial charge on any atom is -0.382 e. The molecule has 1 aromatic carbocycles. The van der Waals surface area contributed by atoms with E-state index in [1.165, 1.54) is 11.8 Å². The minimum absolute atomic E-state index is 0.0247. The van der Waals surface area contributed by atoms with Crippen LogP contribution in [0.1, 0.15) is 34.9 Å². The molecule has 0 saturated carbocycles. The molecule has 7 heteroatoms. The molecule has 0 unspecified atom stereocenters.